The summed E-state index contributed by atoms with van der Waals surface area (Å²) < 4.78 is 18.9. The molecule has 1 heterocycles. The Morgan fingerprint density at radius 1 is 1.03 bits per heavy atom. The fraction of sp³-hybridized carbons (Fsp3) is 0.231. The number of nitrogens with one attached hydrogen (secondary N) is 1. The van der Waals surface area contributed by atoms with E-state index < -0.39 is 0 Å². The molecule has 0 aliphatic heterocycles. The van der Waals surface area contributed by atoms with Crippen molar-refractivity contribution in [1.82, 2.24) is 4.98 Å². The predicted octanol–water partition coefficient (Wildman–Crippen LogP) is 5.97. The van der Waals surface area contributed by atoms with Gasteiger partial charge in [0.15, 0.2) is 11.4 Å². The fourth-order valence-electron chi connectivity index (χ4n) is 4.47. The van der Waals surface area contributed by atoms with E-state index in [1.165, 1.54) is 12.1 Å². The van der Waals surface area contributed by atoms with Crippen molar-refractivity contribution in [2.45, 2.75) is 19.3 Å². The summed E-state index contributed by atoms with van der Waals surface area (Å²) in [5.74, 6) is -0.209. The monoisotopic (exact) mass is 430 g/mol. The highest BCUT2D eigenvalue weighted by atomic mass is 19.1. The Balaban J connectivity index is 1.28. The predicted molar refractivity (Wildman–Crippen MR) is 121 cm³/mol. The number of carbonyl (C=O) groups is 1. The summed E-state index contributed by atoms with van der Waals surface area (Å²) >= 11 is 0. The number of aliphatic hydroxyl groups excluding tert-OH is 1. The summed E-state index contributed by atoms with van der Waals surface area (Å²) in [7, 11) is 0. The molecule has 1 aliphatic carbocycles. The molecule has 0 amide bonds. The van der Waals surface area contributed by atoms with Gasteiger partial charge in [-0.3, -0.25) is 4.79 Å². The minimum absolute atomic E-state index is 0.0699. The molecule has 162 valence electrons. The molecule has 0 unspecified atom stereocenters. The second-order valence-corrected chi connectivity index (χ2v) is 8.26. The largest absolute Gasteiger partial charge is 0.423 e. The normalized spacial score (nSPS) is 18.2. The lowest BCUT2D eigenvalue weighted by atomic mass is 9.88. The minimum atomic E-state index is -0.356. The van der Waals surface area contributed by atoms with Crippen LogP contribution in [0, 0.1) is 17.7 Å². The number of ketones is 1. The molecular formula is C26H23FN2O3. The Morgan fingerprint density at radius 3 is 2.47 bits per heavy atom. The molecule has 3 aromatic carbocycles. The van der Waals surface area contributed by atoms with E-state index in [1.54, 1.807) is 6.07 Å². The number of halogens is 1. The number of fused-ring (bicyclic) bond motifs is 1. The van der Waals surface area contributed by atoms with Crippen LogP contribution in [-0.2, 0) is 0 Å². The van der Waals surface area contributed by atoms with Gasteiger partial charge in [0.1, 0.15) is 11.3 Å². The molecule has 0 radical (unpaired) electrons. The van der Waals surface area contributed by atoms with Crippen LogP contribution in [0.15, 0.2) is 71.1 Å². The van der Waals surface area contributed by atoms with Gasteiger partial charge >= 0.3 is 0 Å². The van der Waals surface area contributed by atoms with Crippen LogP contribution in [-0.4, -0.2) is 22.5 Å². The van der Waals surface area contributed by atoms with Gasteiger partial charge in [-0.25, -0.2) is 4.39 Å². The zero-order valence-electron chi connectivity index (χ0n) is 17.4. The maximum atomic E-state index is 13.3. The molecular weight excluding hydrogens is 407 g/mol. The molecule has 5 nitrogen and oxygen atoms in total. The lowest BCUT2D eigenvalue weighted by molar-refractivity contribution is 0.0851. The van der Waals surface area contributed by atoms with Crippen molar-refractivity contribution in [3.05, 3.63) is 78.1 Å². The fourth-order valence-corrected chi connectivity index (χ4v) is 4.47. The SMILES string of the molecule is O=C(c1ccc(-c2ccc(Nc3nc4cc(F)ccc4o3)cc2)cc1)[C@@H]1CCC[C@H]1CO. The van der Waals surface area contributed by atoms with Crippen LogP contribution in [0.5, 0.6) is 0 Å². The van der Waals surface area contributed by atoms with Crippen LogP contribution in [0.1, 0.15) is 29.6 Å². The summed E-state index contributed by atoms with van der Waals surface area (Å²) in [6.45, 7) is 0.0787. The van der Waals surface area contributed by atoms with Crippen molar-refractivity contribution >= 4 is 28.6 Å². The van der Waals surface area contributed by atoms with E-state index in [4.69, 9.17) is 4.42 Å². The molecule has 0 bridgehead atoms. The lowest BCUT2D eigenvalue weighted by Gasteiger charge is -2.16. The number of rotatable bonds is 6. The highest BCUT2D eigenvalue weighted by Crippen LogP contribution is 2.34. The third-order valence-electron chi connectivity index (χ3n) is 6.22. The van der Waals surface area contributed by atoms with E-state index in [-0.39, 0.29) is 30.0 Å². The summed E-state index contributed by atoms with van der Waals surface area (Å²) in [4.78, 5) is 17.1. The number of benzene rings is 3. The Bertz CT molecular complexity index is 1250. The number of hydrogen-bond donors (Lipinski definition) is 2. The molecule has 0 saturated heterocycles. The Morgan fingerprint density at radius 2 is 1.75 bits per heavy atom. The third kappa shape index (κ3) is 4.01. The number of anilines is 2. The maximum absolute atomic E-state index is 13.3. The zero-order chi connectivity index (χ0) is 22.1. The molecule has 1 saturated carbocycles. The molecule has 1 aliphatic rings. The Kier molecular flexibility index (Phi) is 5.45. The van der Waals surface area contributed by atoms with E-state index in [9.17, 15) is 14.3 Å². The topological polar surface area (TPSA) is 75.4 Å². The van der Waals surface area contributed by atoms with Gasteiger partial charge in [0, 0.05) is 29.8 Å². The molecule has 2 atom stereocenters. The number of nitrogens with zero attached hydrogens (tertiary/aromatic N) is 1. The van der Waals surface area contributed by atoms with Crippen molar-refractivity contribution in [1.29, 1.82) is 0 Å². The van der Waals surface area contributed by atoms with Gasteiger partial charge in [0.2, 0.25) is 0 Å². The number of aromatic nitrogens is 1. The van der Waals surface area contributed by atoms with E-state index in [0.29, 0.717) is 22.7 Å². The summed E-state index contributed by atoms with van der Waals surface area (Å²) in [5, 5.41) is 12.6. The van der Waals surface area contributed by atoms with Gasteiger partial charge < -0.3 is 14.8 Å². The highest BCUT2D eigenvalue weighted by Gasteiger charge is 2.32. The first-order valence-corrected chi connectivity index (χ1v) is 10.8. The maximum Gasteiger partial charge on any atom is 0.300 e. The van der Waals surface area contributed by atoms with E-state index in [1.807, 2.05) is 48.5 Å². The van der Waals surface area contributed by atoms with E-state index in [0.717, 1.165) is 36.1 Å². The zero-order valence-corrected chi connectivity index (χ0v) is 17.4. The van der Waals surface area contributed by atoms with E-state index in [2.05, 4.69) is 10.3 Å². The number of Topliss-reactive ketones (excluding diaryl/α,β-unsaturated/α-hetero) is 1. The minimum Gasteiger partial charge on any atom is -0.423 e. The summed E-state index contributed by atoms with van der Waals surface area (Å²) in [5.41, 5.74) is 4.50. The van der Waals surface area contributed by atoms with Gasteiger partial charge in [-0.2, -0.15) is 4.98 Å². The molecule has 1 aromatic heterocycles. The summed E-state index contributed by atoms with van der Waals surface area (Å²) in [6.07, 6.45) is 2.78. The van der Waals surface area contributed by atoms with Crippen molar-refractivity contribution in [3.8, 4) is 11.1 Å². The molecule has 1 fully saturated rings. The van der Waals surface area contributed by atoms with E-state index >= 15 is 0 Å². The van der Waals surface area contributed by atoms with Crippen LogP contribution in [0.25, 0.3) is 22.2 Å². The van der Waals surface area contributed by atoms with Crippen LogP contribution in [0.3, 0.4) is 0 Å². The number of aliphatic hydroxyl groups is 1. The molecule has 0 spiro atoms. The molecule has 4 aromatic rings. The molecule has 5 rings (SSSR count). The number of hydrogen-bond acceptors (Lipinski definition) is 5. The van der Waals surface area contributed by atoms with Gasteiger partial charge in [-0.05, 0) is 54.2 Å². The first-order chi connectivity index (χ1) is 15.6. The summed E-state index contributed by atoms with van der Waals surface area (Å²) in [6, 6.07) is 19.9. The average Bonchev–Trinajstić information content (AvgIpc) is 3.45. The van der Waals surface area contributed by atoms with Crippen molar-refractivity contribution < 1.29 is 18.7 Å². The second kappa shape index (κ2) is 8.55. The molecule has 6 heteroatoms. The number of carbonyl (C=O) groups excluding carboxylic acids is 1. The van der Waals surface area contributed by atoms with Gasteiger partial charge in [0.25, 0.3) is 6.01 Å². The van der Waals surface area contributed by atoms with Gasteiger partial charge in [-0.15, -0.1) is 0 Å². The molecule has 2 N–H and O–H groups in total. The Labute approximate surface area is 184 Å². The van der Waals surface area contributed by atoms with Crippen molar-refractivity contribution in [2.75, 3.05) is 11.9 Å². The second-order valence-electron chi connectivity index (χ2n) is 8.26. The highest BCUT2D eigenvalue weighted by molar-refractivity contribution is 5.98. The first kappa shape index (κ1) is 20.4. The standard InChI is InChI=1S/C26H23FN2O3/c27-20-10-13-24-23(14-20)29-26(32-24)28-21-11-8-17(9-12-21)16-4-6-18(7-5-16)25(31)22-3-1-2-19(22)15-30/h4-14,19,22,30H,1-3,15H2,(H,28,29)/t19-,22+/m0/s1. The van der Waals surface area contributed by atoms with Crippen LogP contribution < -0.4 is 5.32 Å². The molecule has 32 heavy (non-hydrogen) atoms. The Hall–Kier alpha value is -3.51. The quantitative estimate of drug-likeness (QED) is 0.369. The van der Waals surface area contributed by atoms with Crippen LogP contribution >= 0.6 is 0 Å². The third-order valence-corrected chi connectivity index (χ3v) is 6.22. The van der Waals surface area contributed by atoms with Gasteiger partial charge in [-0.1, -0.05) is 42.8 Å². The van der Waals surface area contributed by atoms with Crippen LogP contribution in [0.2, 0.25) is 0 Å². The average molecular weight is 430 g/mol. The number of oxazole rings is 1. The smallest absolute Gasteiger partial charge is 0.300 e. The van der Waals surface area contributed by atoms with Crippen LogP contribution in [0.4, 0.5) is 16.1 Å². The first-order valence-electron chi connectivity index (χ1n) is 10.8. The van der Waals surface area contributed by atoms with Crippen molar-refractivity contribution in [2.24, 2.45) is 11.8 Å². The lowest BCUT2D eigenvalue weighted by Crippen LogP contribution is -2.21. The van der Waals surface area contributed by atoms with Gasteiger partial charge in [0.05, 0.1) is 0 Å². The van der Waals surface area contributed by atoms with Crippen molar-refractivity contribution in [3.63, 3.8) is 0 Å².